The lowest BCUT2D eigenvalue weighted by molar-refractivity contribution is -0.116. The maximum absolute atomic E-state index is 15.3. The van der Waals surface area contributed by atoms with Gasteiger partial charge in [-0.15, -0.1) is 0 Å². The number of morpholine rings is 1. The molecule has 0 unspecified atom stereocenters. The molecule has 1 aliphatic rings. The molecule has 5 aromatic rings. The number of hydrogen-bond donors (Lipinski definition) is 2. The first kappa shape index (κ1) is 27.1. The SMILES string of the molecule is CC(=O)Cc1ccc(NC(=O)Nc2ccc(-c3nc(N4CCOCC4)c4ccc(-c5ccco5)cc4n3)cc2F)cc1. The van der Waals surface area contributed by atoms with Gasteiger partial charge in [0.15, 0.2) is 5.82 Å². The predicted octanol–water partition coefficient (Wildman–Crippen LogP) is 6.31. The number of nitrogens with zero attached hydrogens (tertiary/aromatic N) is 3. The molecule has 0 radical (unpaired) electrons. The summed E-state index contributed by atoms with van der Waals surface area (Å²) in [6.45, 7) is 4.05. The minimum absolute atomic E-state index is 0.0127. The average Bonchev–Trinajstić information content (AvgIpc) is 3.54. The first-order valence-corrected chi connectivity index (χ1v) is 13.6. The van der Waals surface area contributed by atoms with Crippen LogP contribution in [0.2, 0.25) is 0 Å². The van der Waals surface area contributed by atoms with Crippen molar-refractivity contribution in [1.82, 2.24) is 9.97 Å². The number of amides is 2. The normalized spacial score (nSPS) is 13.2. The van der Waals surface area contributed by atoms with E-state index in [1.165, 1.54) is 19.1 Å². The van der Waals surface area contributed by atoms with Gasteiger partial charge in [-0.05, 0) is 67.1 Å². The van der Waals surface area contributed by atoms with E-state index in [1.54, 1.807) is 36.6 Å². The van der Waals surface area contributed by atoms with Crippen LogP contribution in [0.3, 0.4) is 0 Å². The molecule has 10 heteroatoms. The Kier molecular flexibility index (Phi) is 7.61. The summed E-state index contributed by atoms with van der Waals surface area (Å²) in [5.41, 5.74) is 3.42. The molecule has 2 aromatic heterocycles. The molecule has 2 amide bonds. The Bertz CT molecular complexity index is 1750. The van der Waals surface area contributed by atoms with Gasteiger partial charge >= 0.3 is 6.03 Å². The molecule has 2 N–H and O–H groups in total. The first-order valence-electron chi connectivity index (χ1n) is 13.6. The van der Waals surface area contributed by atoms with Crippen LogP contribution in [0.4, 0.5) is 26.4 Å². The van der Waals surface area contributed by atoms with Crippen LogP contribution in [0.25, 0.3) is 33.6 Å². The molecule has 0 spiro atoms. The Morgan fingerprint density at radius 1 is 0.929 bits per heavy atom. The molecule has 0 saturated carbocycles. The summed E-state index contributed by atoms with van der Waals surface area (Å²) >= 11 is 0. The quantitative estimate of drug-likeness (QED) is 0.238. The van der Waals surface area contributed by atoms with Gasteiger partial charge in [-0.2, -0.15) is 0 Å². The molecule has 42 heavy (non-hydrogen) atoms. The highest BCUT2D eigenvalue weighted by atomic mass is 19.1. The fraction of sp³-hybridized carbons (Fsp3) is 0.188. The van der Waals surface area contributed by atoms with Gasteiger partial charge in [-0.3, -0.25) is 4.79 Å². The Morgan fingerprint density at radius 3 is 2.43 bits per heavy atom. The summed E-state index contributed by atoms with van der Waals surface area (Å²) in [5, 5.41) is 6.10. The third-order valence-electron chi connectivity index (χ3n) is 6.93. The van der Waals surface area contributed by atoms with Crippen molar-refractivity contribution in [2.75, 3.05) is 41.8 Å². The molecule has 9 nitrogen and oxygen atoms in total. The monoisotopic (exact) mass is 565 g/mol. The standard InChI is InChI=1S/C32H28FN5O4/c1-20(39)17-21-4-8-24(9-5-21)34-32(40)36-27-11-7-23(18-26(27)33)30-35-28-19-22(29-3-2-14-42-29)6-10-25(28)31(37-30)38-12-15-41-16-13-38/h2-11,14,18-19H,12-13,15-17H2,1H3,(H2,34,36,40). The summed E-state index contributed by atoms with van der Waals surface area (Å²) in [5.74, 6) is 1.26. The molecule has 3 aromatic carbocycles. The lowest BCUT2D eigenvalue weighted by Gasteiger charge is -2.29. The molecule has 0 bridgehead atoms. The van der Waals surface area contributed by atoms with Crippen molar-refractivity contribution in [1.29, 1.82) is 0 Å². The van der Waals surface area contributed by atoms with Crippen LogP contribution in [0, 0.1) is 5.82 Å². The van der Waals surface area contributed by atoms with Crippen LogP contribution in [-0.2, 0) is 16.0 Å². The highest BCUT2D eigenvalue weighted by Gasteiger charge is 2.20. The van der Waals surface area contributed by atoms with E-state index in [0.29, 0.717) is 55.3 Å². The summed E-state index contributed by atoms with van der Waals surface area (Å²) in [4.78, 5) is 35.6. The van der Waals surface area contributed by atoms with Crippen LogP contribution in [-0.4, -0.2) is 48.1 Å². The zero-order valence-electron chi connectivity index (χ0n) is 22.9. The van der Waals surface area contributed by atoms with Crippen molar-refractivity contribution in [3.8, 4) is 22.7 Å². The number of carbonyl (C=O) groups excluding carboxylic acids is 2. The Balaban J connectivity index is 1.26. The van der Waals surface area contributed by atoms with E-state index in [0.717, 1.165) is 28.1 Å². The second kappa shape index (κ2) is 11.8. The Morgan fingerprint density at radius 2 is 1.71 bits per heavy atom. The second-order valence-corrected chi connectivity index (χ2v) is 10.0. The number of furan rings is 1. The minimum atomic E-state index is -0.625. The predicted molar refractivity (Wildman–Crippen MR) is 159 cm³/mol. The number of aromatic nitrogens is 2. The zero-order chi connectivity index (χ0) is 29.1. The maximum Gasteiger partial charge on any atom is 0.323 e. The van der Waals surface area contributed by atoms with Crippen molar-refractivity contribution in [3.05, 3.63) is 90.4 Å². The number of hydrogen-bond acceptors (Lipinski definition) is 7. The van der Waals surface area contributed by atoms with E-state index < -0.39 is 11.8 Å². The number of carbonyl (C=O) groups is 2. The highest BCUT2D eigenvalue weighted by molar-refractivity contribution is 6.00. The van der Waals surface area contributed by atoms with E-state index >= 15 is 4.39 Å². The van der Waals surface area contributed by atoms with Gasteiger partial charge in [0.05, 0.1) is 30.7 Å². The highest BCUT2D eigenvalue weighted by Crippen LogP contribution is 2.32. The van der Waals surface area contributed by atoms with Crippen LogP contribution in [0.15, 0.2) is 83.5 Å². The van der Waals surface area contributed by atoms with Crippen LogP contribution in [0.5, 0.6) is 0 Å². The molecule has 212 valence electrons. The van der Waals surface area contributed by atoms with E-state index in [2.05, 4.69) is 15.5 Å². The van der Waals surface area contributed by atoms with Crippen molar-refractivity contribution in [2.24, 2.45) is 0 Å². The number of urea groups is 1. The fourth-order valence-electron chi connectivity index (χ4n) is 4.89. The lowest BCUT2D eigenvalue weighted by Crippen LogP contribution is -2.37. The van der Waals surface area contributed by atoms with Crippen molar-refractivity contribution in [3.63, 3.8) is 0 Å². The number of benzene rings is 3. The number of ketones is 1. The summed E-state index contributed by atoms with van der Waals surface area (Å²) in [7, 11) is 0. The number of fused-ring (bicyclic) bond motifs is 1. The van der Waals surface area contributed by atoms with E-state index in [-0.39, 0.29) is 11.5 Å². The number of ether oxygens (including phenoxy) is 1. The largest absolute Gasteiger partial charge is 0.464 e. The number of anilines is 3. The number of Topliss-reactive ketones (excluding diaryl/α,β-unsaturated/α-hetero) is 1. The lowest BCUT2D eigenvalue weighted by atomic mass is 10.1. The Labute approximate surface area is 241 Å². The molecular formula is C32H28FN5O4. The number of rotatable bonds is 7. The molecular weight excluding hydrogens is 537 g/mol. The fourth-order valence-corrected chi connectivity index (χ4v) is 4.89. The summed E-state index contributed by atoms with van der Waals surface area (Å²) < 4.78 is 26.4. The van der Waals surface area contributed by atoms with Gasteiger partial charge in [0.2, 0.25) is 0 Å². The van der Waals surface area contributed by atoms with Crippen molar-refractivity contribution < 1.29 is 23.1 Å². The topological polar surface area (TPSA) is 110 Å². The Hall–Kier alpha value is -5.09. The zero-order valence-corrected chi connectivity index (χ0v) is 22.9. The van der Waals surface area contributed by atoms with Gasteiger partial charge in [0.25, 0.3) is 0 Å². The molecule has 1 aliphatic heterocycles. The van der Waals surface area contributed by atoms with E-state index in [1.807, 2.05) is 30.3 Å². The van der Waals surface area contributed by atoms with Crippen LogP contribution >= 0.6 is 0 Å². The number of nitrogens with one attached hydrogen (secondary N) is 2. The first-order chi connectivity index (χ1) is 20.4. The second-order valence-electron chi connectivity index (χ2n) is 10.0. The smallest absolute Gasteiger partial charge is 0.323 e. The maximum atomic E-state index is 15.3. The van der Waals surface area contributed by atoms with Crippen LogP contribution < -0.4 is 15.5 Å². The summed E-state index contributed by atoms with van der Waals surface area (Å²) in [6, 6.07) is 20.4. The molecule has 1 fully saturated rings. The molecule has 0 aliphatic carbocycles. The van der Waals surface area contributed by atoms with E-state index in [4.69, 9.17) is 19.1 Å². The molecule has 1 saturated heterocycles. The van der Waals surface area contributed by atoms with Gasteiger partial charge in [-0.1, -0.05) is 18.2 Å². The van der Waals surface area contributed by atoms with Crippen molar-refractivity contribution in [2.45, 2.75) is 13.3 Å². The van der Waals surface area contributed by atoms with Crippen molar-refractivity contribution >= 4 is 39.9 Å². The molecule has 0 atom stereocenters. The van der Waals surface area contributed by atoms with Gasteiger partial charge < -0.3 is 24.7 Å². The minimum Gasteiger partial charge on any atom is -0.464 e. The third-order valence-corrected chi connectivity index (χ3v) is 6.93. The number of halogens is 1. The van der Waals surface area contributed by atoms with E-state index in [9.17, 15) is 9.59 Å². The average molecular weight is 566 g/mol. The van der Waals surface area contributed by atoms with Gasteiger partial charge in [0, 0.05) is 41.7 Å². The molecule has 3 heterocycles. The summed E-state index contributed by atoms with van der Waals surface area (Å²) in [6.07, 6.45) is 1.94. The van der Waals surface area contributed by atoms with Gasteiger partial charge in [-0.25, -0.2) is 19.2 Å². The van der Waals surface area contributed by atoms with Crippen LogP contribution in [0.1, 0.15) is 12.5 Å². The third kappa shape index (κ3) is 5.98. The molecule has 6 rings (SSSR count). The van der Waals surface area contributed by atoms with Gasteiger partial charge in [0.1, 0.15) is 23.2 Å².